The Kier molecular flexibility index (Phi) is 12.3. The van der Waals surface area contributed by atoms with Crippen molar-refractivity contribution in [1.29, 1.82) is 5.26 Å². The molecular weight excluding hydrogens is 832 g/mol. The van der Waals surface area contributed by atoms with Gasteiger partial charge in [-0.3, -0.25) is 38.6 Å². The number of benzene rings is 2. The predicted molar refractivity (Wildman–Crippen MR) is 229 cm³/mol. The fourth-order valence-electron chi connectivity index (χ4n) is 9.14. The molecule has 0 radical (unpaired) electrons. The van der Waals surface area contributed by atoms with E-state index in [9.17, 15) is 39.1 Å². The predicted octanol–water partition coefficient (Wildman–Crippen LogP) is 3.33. The summed E-state index contributed by atoms with van der Waals surface area (Å²) in [6.07, 6.45) is 3.94. The standard InChI is InChI=1S/C44H47ClN10O8/c1-3-53-35-22-30(11-12-31(35)39-40(53)44(62)55(43(39)61)34-14-16-37(57)54(25-56)42(34)60)63-24-38(58)52-18-4-17-51(19-20-52)36-15-13-33(48-49-36)41(59)47-27-6-9-28(10-7-27)50(2)29-8-5-26(23-46)32(45)21-29/h5,8,11-13,15,21-22,27-28,34,56H,3-4,6-7,9-10,14,16-20,24-25H2,1-2H3,(H,47,59). The Morgan fingerprint density at radius 2 is 1.76 bits per heavy atom. The first kappa shape index (κ1) is 43.1. The summed E-state index contributed by atoms with van der Waals surface area (Å²) in [5.74, 6) is -2.16. The fourth-order valence-corrected chi connectivity index (χ4v) is 9.36. The number of anilines is 2. The van der Waals surface area contributed by atoms with E-state index in [0.717, 1.165) is 36.3 Å². The molecule has 63 heavy (non-hydrogen) atoms. The number of hydrogen-bond donors (Lipinski definition) is 2. The van der Waals surface area contributed by atoms with Crippen LogP contribution in [-0.4, -0.2) is 135 Å². The van der Waals surface area contributed by atoms with Gasteiger partial charge in [-0.05, 0) is 87.9 Å². The van der Waals surface area contributed by atoms with E-state index >= 15 is 0 Å². The summed E-state index contributed by atoms with van der Waals surface area (Å²) in [6, 6.07) is 15.0. The Morgan fingerprint density at radius 3 is 2.46 bits per heavy atom. The first-order valence-corrected chi connectivity index (χ1v) is 21.5. The lowest BCUT2D eigenvalue weighted by Gasteiger charge is -2.36. The average molecular weight is 879 g/mol. The highest BCUT2D eigenvalue weighted by molar-refractivity contribution is 6.32. The third-order valence-electron chi connectivity index (χ3n) is 12.6. The van der Waals surface area contributed by atoms with Gasteiger partial charge in [-0.15, -0.1) is 10.2 Å². The minimum absolute atomic E-state index is 0.0113. The summed E-state index contributed by atoms with van der Waals surface area (Å²) in [6.45, 7) is 3.13. The molecule has 1 saturated carbocycles. The number of amides is 6. The van der Waals surface area contributed by atoms with Crippen LogP contribution in [0.15, 0.2) is 48.5 Å². The second kappa shape index (κ2) is 18.0. The van der Waals surface area contributed by atoms with E-state index in [-0.39, 0.29) is 60.3 Å². The molecule has 1 aliphatic carbocycles. The van der Waals surface area contributed by atoms with Crippen LogP contribution < -0.4 is 19.9 Å². The number of nitriles is 1. The van der Waals surface area contributed by atoms with Gasteiger partial charge in [0.1, 0.15) is 30.3 Å². The topological polar surface area (TPSA) is 215 Å². The van der Waals surface area contributed by atoms with Crippen LogP contribution in [0.5, 0.6) is 5.75 Å². The molecule has 3 fully saturated rings. The molecule has 1 atom stereocenters. The summed E-state index contributed by atoms with van der Waals surface area (Å²) in [5, 5.41) is 31.4. The molecular formula is C44H47ClN10O8. The number of imide groups is 2. The Bertz CT molecular complexity index is 2530. The zero-order chi connectivity index (χ0) is 44.5. The van der Waals surface area contributed by atoms with Crippen molar-refractivity contribution >= 4 is 69.5 Å². The molecule has 6 amide bonds. The first-order chi connectivity index (χ1) is 30.4. The van der Waals surface area contributed by atoms with Gasteiger partial charge in [0.25, 0.3) is 29.5 Å². The third-order valence-corrected chi connectivity index (χ3v) is 12.9. The number of ether oxygens (including phenoxy) is 1. The van der Waals surface area contributed by atoms with Gasteiger partial charge in [0.05, 0.1) is 21.7 Å². The maximum absolute atomic E-state index is 13.7. The van der Waals surface area contributed by atoms with Gasteiger partial charge in [0.2, 0.25) is 5.91 Å². The van der Waals surface area contributed by atoms with E-state index in [0.29, 0.717) is 77.1 Å². The normalized spacial score (nSPS) is 20.5. The first-order valence-electron chi connectivity index (χ1n) is 21.1. The third kappa shape index (κ3) is 8.25. The zero-order valence-electron chi connectivity index (χ0n) is 35.0. The number of piperidine rings is 1. The monoisotopic (exact) mass is 878 g/mol. The largest absolute Gasteiger partial charge is 0.484 e. The van der Waals surface area contributed by atoms with Crippen molar-refractivity contribution in [2.45, 2.75) is 76.5 Å². The maximum atomic E-state index is 13.7. The Hall–Kier alpha value is -6.58. The molecule has 18 nitrogen and oxygen atoms in total. The number of aryl methyl sites for hydroxylation is 1. The second-order valence-corrected chi connectivity index (χ2v) is 16.5. The van der Waals surface area contributed by atoms with Crippen molar-refractivity contribution in [3.63, 3.8) is 0 Å². The van der Waals surface area contributed by atoms with Crippen molar-refractivity contribution < 1.29 is 38.6 Å². The lowest BCUT2D eigenvalue weighted by Crippen LogP contribution is -2.56. The Labute approximate surface area is 367 Å². The summed E-state index contributed by atoms with van der Waals surface area (Å²) in [7, 11) is 2.02. The quantitative estimate of drug-likeness (QED) is 0.207. The molecule has 3 aliphatic heterocycles. The van der Waals surface area contributed by atoms with E-state index in [4.69, 9.17) is 16.3 Å². The number of carbonyl (C=O) groups excluding carboxylic acids is 6. The van der Waals surface area contributed by atoms with E-state index in [1.165, 1.54) is 0 Å². The molecule has 2 aromatic heterocycles. The molecule has 4 aliphatic rings. The summed E-state index contributed by atoms with van der Waals surface area (Å²) >= 11 is 6.26. The molecule has 1 unspecified atom stereocenters. The maximum Gasteiger partial charge on any atom is 0.278 e. The lowest BCUT2D eigenvalue weighted by atomic mass is 9.90. The van der Waals surface area contributed by atoms with Crippen LogP contribution in [0.4, 0.5) is 11.5 Å². The van der Waals surface area contributed by atoms with E-state index in [1.54, 1.807) is 45.9 Å². The highest BCUT2D eigenvalue weighted by Crippen LogP contribution is 2.38. The van der Waals surface area contributed by atoms with Gasteiger partial charge in [-0.2, -0.15) is 5.26 Å². The molecule has 0 bridgehead atoms. The second-order valence-electron chi connectivity index (χ2n) is 16.1. The molecule has 4 aromatic rings. The lowest BCUT2D eigenvalue weighted by molar-refractivity contribution is -0.156. The molecule has 0 spiro atoms. The van der Waals surface area contributed by atoms with Gasteiger partial charge in [-0.1, -0.05) is 11.6 Å². The number of nitrogens with one attached hydrogen (secondary N) is 1. The van der Waals surface area contributed by atoms with Crippen molar-refractivity contribution in [3.05, 3.63) is 76.1 Å². The fraction of sp³-hybridized carbons (Fsp3) is 0.432. The van der Waals surface area contributed by atoms with Crippen molar-refractivity contribution in [1.82, 2.24) is 34.8 Å². The molecule has 19 heteroatoms. The number of carbonyl (C=O) groups is 6. The minimum Gasteiger partial charge on any atom is -0.484 e. The number of fused-ring (bicyclic) bond motifs is 3. The molecule has 2 aromatic carbocycles. The van der Waals surface area contributed by atoms with Gasteiger partial charge < -0.3 is 34.4 Å². The number of aliphatic hydroxyl groups is 1. The zero-order valence-corrected chi connectivity index (χ0v) is 35.7. The number of halogens is 1. The number of nitrogens with zero attached hydrogens (tertiary/aromatic N) is 9. The average Bonchev–Trinajstić information content (AvgIpc) is 3.60. The summed E-state index contributed by atoms with van der Waals surface area (Å²) < 4.78 is 7.63. The number of rotatable bonds is 11. The van der Waals surface area contributed by atoms with Gasteiger partial charge >= 0.3 is 0 Å². The summed E-state index contributed by atoms with van der Waals surface area (Å²) in [5.41, 5.74) is 2.47. The van der Waals surface area contributed by atoms with Crippen LogP contribution in [0.1, 0.15) is 88.8 Å². The number of likely N-dealkylation sites (tertiary alicyclic amines) is 1. The number of hydrogen-bond acceptors (Lipinski definition) is 13. The van der Waals surface area contributed by atoms with Crippen LogP contribution in [-0.2, 0) is 20.9 Å². The van der Waals surface area contributed by atoms with Crippen molar-refractivity contribution in [2.24, 2.45) is 0 Å². The smallest absolute Gasteiger partial charge is 0.278 e. The van der Waals surface area contributed by atoms with Crippen LogP contribution in [0.3, 0.4) is 0 Å². The SMILES string of the molecule is CCn1c2c(c3ccc(OCC(=O)N4CCCN(c5ccc(C(=O)NC6CCC(N(C)c7ccc(C#N)c(Cl)c7)CC6)nn5)CC4)cc31)C(=O)N(C1CCC(=O)N(CO)C1=O)C2=O. The van der Waals surface area contributed by atoms with Gasteiger partial charge in [0.15, 0.2) is 18.1 Å². The molecule has 2 saturated heterocycles. The van der Waals surface area contributed by atoms with Crippen LogP contribution >= 0.6 is 11.6 Å². The minimum atomic E-state index is -1.20. The van der Waals surface area contributed by atoms with Crippen molar-refractivity contribution in [2.75, 3.05) is 56.4 Å². The highest BCUT2D eigenvalue weighted by Gasteiger charge is 2.49. The molecule has 328 valence electrons. The Morgan fingerprint density at radius 1 is 0.968 bits per heavy atom. The van der Waals surface area contributed by atoms with E-state index < -0.39 is 36.4 Å². The van der Waals surface area contributed by atoms with Gasteiger partial charge in [0, 0.05) is 75.4 Å². The van der Waals surface area contributed by atoms with Crippen LogP contribution in [0.25, 0.3) is 10.9 Å². The highest BCUT2D eigenvalue weighted by atomic mass is 35.5. The van der Waals surface area contributed by atoms with Crippen molar-refractivity contribution in [3.8, 4) is 11.8 Å². The Balaban J connectivity index is 0.823. The van der Waals surface area contributed by atoms with E-state index in [2.05, 4.69) is 26.5 Å². The molecule has 8 rings (SSSR count). The van der Waals surface area contributed by atoms with E-state index in [1.807, 2.05) is 31.0 Å². The number of aromatic nitrogens is 3. The molecule has 2 N–H and O–H groups in total. The van der Waals surface area contributed by atoms with Crippen LogP contribution in [0.2, 0.25) is 5.02 Å². The number of aliphatic hydroxyl groups excluding tert-OH is 1. The molecule has 5 heterocycles. The van der Waals surface area contributed by atoms with Crippen LogP contribution in [0, 0.1) is 11.3 Å². The van der Waals surface area contributed by atoms with Gasteiger partial charge in [-0.25, -0.2) is 0 Å². The summed E-state index contributed by atoms with van der Waals surface area (Å²) in [4.78, 5) is 86.6.